The minimum absolute atomic E-state index is 0. The summed E-state index contributed by atoms with van der Waals surface area (Å²) in [6.45, 7) is 0. The summed E-state index contributed by atoms with van der Waals surface area (Å²) in [5.74, 6) is 1.42. The molecule has 2 aliphatic rings. The second kappa shape index (κ2) is 14.5. The zero-order valence-corrected chi connectivity index (χ0v) is 28.0. The van der Waals surface area contributed by atoms with Gasteiger partial charge in [0.05, 0.1) is 10.1 Å². The molecule has 0 fully saturated rings. The average Bonchev–Trinajstić information content (AvgIpc) is 3.76. The molecule has 49 heavy (non-hydrogen) atoms. The minimum atomic E-state index is -3.92. The predicted octanol–water partition coefficient (Wildman–Crippen LogP) is 1.14. The summed E-state index contributed by atoms with van der Waals surface area (Å²) in [4.78, 5) is 56.3. The number of hydrogen-bond donors (Lipinski definition) is 0. The van der Waals surface area contributed by atoms with Gasteiger partial charge in [0.25, 0.3) is 0 Å². The summed E-state index contributed by atoms with van der Waals surface area (Å²) in [5.41, 5.74) is 3.85. The zero-order valence-electron chi connectivity index (χ0n) is 24.2. The van der Waals surface area contributed by atoms with Crippen LogP contribution < -0.4 is 39.5 Å². The predicted molar refractivity (Wildman–Crippen MR) is 174 cm³/mol. The first kappa shape index (κ1) is 37.2. The van der Waals surface area contributed by atoms with Crippen molar-refractivity contribution in [3.63, 3.8) is 0 Å². The van der Waals surface area contributed by atoms with E-state index < -0.39 is 10.1 Å². The first-order valence-electron chi connectivity index (χ1n) is 13.2. The standard InChI is InChI=1S/C28H12N12.CH4O3S.2CH4.Cu.Na/c1-2-6-14-13(5-1)21-33-22(14)36-26-19-20(32-12-11-31-19)28(40-26)38-24-16-8-4-3-7-15(16)23(34-24)37-27-18-17(25(35-21)39-27)29-9-10-30-18;1-5(2,3)4;;;;/h1-12H;1H3,(H,2,3,4);2*1H4;;/q-2;;;;+2;+1/p-1. The van der Waals surface area contributed by atoms with Crippen LogP contribution in [0.3, 0.4) is 0 Å². The van der Waals surface area contributed by atoms with Gasteiger partial charge in [0.2, 0.25) is 0 Å². The number of benzene rings is 2. The Bertz CT molecular complexity index is 2300. The molecule has 2 aromatic carbocycles. The van der Waals surface area contributed by atoms with Crippen molar-refractivity contribution in [1.29, 1.82) is 0 Å². The minimum Gasteiger partial charge on any atom is -0.748 e. The average molecular weight is 730 g/mol. The molecule has 8 bridgehead atoms. The Hall–Kier alpha value is -4.61. The van der Waals surface area contributed by atoms with E-state index >= 15 is 0 Å². The molecule has 7 heterocycles. The number of nitrogens with zero attached hydrogens (tertiary/aromatic N) is 12. The molecule has 0 unspecified atom stereocenters. The largest absolute Gasteiger partial charge is 2.00 e. The Kier molecular flexibility index (Phi) is 11.0. The number of fused-ring (bicyclic) bond motifs is 20. The third kappa shape index (κ3) is 6.95. The Morgan fingerprint density at radius 2 is 0.735 bits per heavy atom. The van der Waals surface area contributed by atoms with E-state index in [0.717, 1.165) is 21.5 Å². The van der Waals surface area contributed by atoms with Crippen LogP contribution in [0, 0.1) is 0 Å². The van der Waals surface area contributed by atoms with E-state index in [-0.39, 0.29) is 61.5 Å². The van der Waals surface area contributed by atoms with Gasteiger partial charge in [-0.2, -0.15) is 0 Å². The molecule has 2 aliphatic heterocycles. The van der Waals surface area contributed by atoms with E-state index in [4.69, 9.17) is 52.8 Å². The van der Waals surface area contributed by atoms with Gasteiger partial charge in [-0.05, 0) is 21.5 Å². The molecule has 0 spiro atoms. The van der Waals surface area contributed by atoms with Gasteiger partial charge in [-0.1, -0.05) is 63.4 Å². The van der Waals surface area contributed by atoms with Crippen LogP contribution in [0.4, 0.5) is 0 Å². The molecular formula is C31H23CuN12NaO3S. The van der Waals surface area contributed by atoms with Crippen molar-refractivity contribution in [2.75, 3.05) is 6.26 Å². The summed E-state index contributed by atoms with van der Waals surface area (Å²) in [7, 11) is -3.92. The van der Waals surface area contributed by atoms with E-state index in [2.05, 4.69) is 19.9 Å². The topological polar surface area (TPSA) is 214 Å². The fourth-order valence-corrected chi connectivity index (χ4v) is 4.98. The fraction of sp³-hybridized carbons (Fsp3) is 0.0968. The van der Waals surface area contributed by atoms with Crippen LogP contribution >= 0.6 is 0 Å². The molecule has 0 N–H and O–H groups in total. The quantitative estimate of drug-likeness (QED) is 0.158. The molecule has 9 rings (SSSR count). The van der Waals surface area contributed by atoms with Crippen LogP contribution in [-0.4, -0.2) is 69.1 Å². The van der Waals surface area contributed by atoms with Crippen LogP contribution in [0.5, 0.6) is 0 Å². The van der Waals surface area contributed by atoms with Crippen molar-refractivity contribution in [3.05, 3.63) is 73.3 Å². The molecule has 243 valence electrons. The van der Waals surface area contributed by atoms with Gasteiger partial charge in [0, 0.05) is 53.6 Å². The van der Waals surface area contributed by atoms with E-state index in [1.807, 2.05) is 48.5 Å². The molecule has 0 atom stereocenters. The summed E-state index contributed by atoms with van der Waals surface area (Å²) < 4.78 is 27.2. The molecule has 5 aromatic heterocycles. The van der Waals surface area contributed by atoms with Crippen LogP contribution in [0.2, 0.25) is 0 Å². The van der Waals surface area contributed by atoms with Crippen molar-refractivity contribution in [1.82, 2.24) is 59.8 Å². The van der Waals surface area contributed by atoms with E-state index in [0.29, 0.717) is 74.9 Å². The van der Waals surface area contributed by atoms with Gasteiger partial charge in [0.15, 0.2) is 0 Å². The third-order valence-corrected chi connectivity index (χ3v) is 6.76. The van der Waals surface area contributed by atoms with Crippen LogP contribution in [0.15, 0.2) is 73.3 Å². The third-order valence-electron chi connectivity index (χ3n) is 6.76. The molecule has 0 saturated carbocycles. The number of aromatic nitrogens is 12. The molecule has 15 nitrogen and oxygen atoms in total. The molecule has 1 radical (unpaired) electrons. The summed E-state index contributed by atoms with van der Waals surface area (Å²) in [5, 5.41) is 3.24. The summed E-state index contributed by atoms with van der Waals surface area (Å²) in [6.07, 6.45) is 7.01. The Morgan fingerprint density at radius 3 is 0.959 bits per heavy atom. The summed E-state index contributed by atoms with van der Waals surface area (Å²) in [6, 6.07) is 15.5. The molecule has 0 amide bonds. The fourth-order valence-electron chi connectivity index (χ4n) is 4.98. The van der Waals surface area contributed by atoms with E-state index in [1.165, 1.54) is 0 Å². The van der Waals surface area contributed by atoms with Crippen LogP contribution in [0.1, 0.15) is 14.9 Å². The Balaban J connectivity index is 0.000000564. The van der Waals surface area contributed by atoms with Gasteiger partial charge in [-0.3, -0.25) is 19.9 Å². The summed E-state index contributed by atoms with van der Waals surface area (Å²) >= 11 is 0. The molecule has 0 aliphatic carbocycles. The SMILES string of the molecule is C.C.CS(=O)(=O)[O-].[Cu+2].[Na+].c1ccc2c3nc4nc(nc5[n-]c(nc6nc(nc([n-]3)c2c1)-c1nccnc1-6)c1ccccc51)-c1nccnc1-4. The van der Waals surface area contributed by atoms with Crippen LogP contribution in [-0.2, 0) is 27.2 Å². The van der Waals surface area contributed by atoms with Gasteiger partial charge < -0.3 is 34.5 Å². The monoisotopic (exact) mass is 729 g/mol. The zero-order chi connectivity index (χ0) is 30.7. The first-order valence-corrected chi connectivity index (χ1v) is 15.1. The molecular weight excluding hydrogens is 707 g/mol. The van der Waals surface area contributed by atoms with Gasteiger partial charge in [0.1, 0.15) is 46.1 Å². The number of hydrogen-bond acceptors (Lipinski definition) is 13. The van der Waals surface area contributed by atoms with Crippen molar-refractivity contribution in [3.8, 4) is 46.1 Å². The smallest absolute Gasteiger partial charge is 0.748 e. The first-order chi connectivity index (χ1) is 21.8. The normalized spacial score (nSPS) is 11.0. The second-order valence-electron chi connectivity index (χ2n) is 9.79. The maximum absolute atomic E-state index is 9.08. The molecule has 7 aromatic rings. The van der Waals surface area contributed by atoms with Gasteiger partial charge in [-0.15, -0.1) is 0 Å². The Labute approximate surface area is 312 Å². The number of rotatable bonds is 0. The second-order valence-corrected chi connectivity index (χ2v) is 11.2. The maximum atomic E-state index is 9.08. The molecule has 0 saturated heterocycles. The van der Waals surface area contributed by atoms with Crippen molar-refractivity contribution in [2.45, 2.75) is 14.9 Å². The van der Waals surface area contributed by atoms with Crippen molar-refractivity contribution >= 4 is 54.3 Å². The van der Waals surface area contributed by atoms with Crippen molar-refractivity contribution < 1.29 is 59.6 Å². The van der Waals surface area contributed by atoms with Crippen LogP contribution in [0.25, 0.3) is 90.2 Å². The van der Waals surface area contributed by atoms with E-state index in [1.54, 1.807) is 24.8 Å². The van der Waals surface area contributed by atoms with Gasteiger partial charge in [-0.25, -0.2) is 18.4 Å². The maximum Gasteiger partial charge on any atom is 2.00 e. The van der Waals surface area contributed by atoms with E-state index in [9.17, 15) is 0 Å². The molecule has 18 heteroatoms. The Morgan fingerprint density at radius 1 is 0.510 bits per heavy atom. The van der Waals surface area contributed by atoms with Crippen molar-refractivity contribution in [2.24, 2.45) is 0 Å². The van der Waals surface area contributed by atoms with Gasteiger partial charge >= 0.3 is 46.6 Å².